The van der Waals surface area contributed by atoms with Crippen molar-refractivity contribution < 1.29 is 13.9 Å². The minimum atomic E-state index is -0.568. The summed E-state index contributed by atoms with van der Waals surface area (Å²) in [6, 6.07) is 12.2. The zero-order valence-corrected chi connectivity index (χ0v) is 13.1. The SMILES string of the molecule is CNCCCC1(c2ccc(F)cc2)OCc2cc(C=O)ccc21. The van der Waals surface area contributed by atoms with E-state index in [4.69, 9.17) is 4.74 Å². The largest absolute Gasteiger partial charge is 0.361 e. The predicted octanol–water partition coefficient (Wildman–Crippen LogP) is 3.41. The van der Waals surface area contributed by atoms with Gasteiger partial charge < -0.3 is 10.1 Å². The number of aldehydes is 1. The minimum absolute atomic E-state index is 0.256. The van der Waals surface area contributed by atoms with Gasteiger partial charge in [0.15, 0.2) is 0 Å². The van der Waals surface area contributed by atoms with E-state index < -0.39 is 5.60 Å². The molecule has 0 saturated heterocycles. The van der Waals surface area contributed by atoms with E-state index in [2.05, 4.69) is 5.32 Å². The number of nitrogens with one attached hydrogen (secondary N) is 1. The Kier molecular flexibility index (Phi) is 4.55. The van der Waals surface area contributed by atoms with Crippen LogP contribution < -0.4 is 5.32 Å². The van der Waals surface area contributed by atoms with Gasteiger partial charge in [0.2, 0.25) is 0 Å². The number of rotatable bonds is 6. The molecular weight excluding hydrogens is 293 g/mol. The van der Waals surface area contributed by atoms with E-state index in [1.54, 1.807) is 12.1 Å². The van der Waals surface area contributed by atoms with Crippen LogP contribution in [0, 0.1) is 5.82 Å². The van der Waals surface area contributed by atoms with Gasteiger partial charge in [0.25, 0.3) is 0 Å². The van der Waals surface area contributed by atoms with Crippen LogP contribution >= 0.6 is 0 Å². The molecule has 1 N–H and O–H groups in total. The highest BCUT2D eigenvalue weighted by atomic mass is 19.1. The third-order valence-electron chi connectivity index (χ3n) is 4.44. The zero-order chi connectivity index (χ0) is 16.3. The molecular formula is C19H20FNO2. The normalized spacial score (nSPS) is 19.6. The molecule has 0 fully saturated rings. The molecule has 4 heteroatoms. The summed E-state index contributed by atoms with van der Waals surface area (Å²) in [4.78, 5) is 11.0. The van der Waals surface area contributed by atoms with Crippen molar-refractivity contribution in [1.29, 1.82) is 0 Å². The van der Waals surface area contributed by atoms with Crippen LogP contribution in [0.2, 0.25) is 0 Å². The summed E-state index contributed by atoms with van der Waals surface area (Å²) in [7, 11) is 1.92. The number of halogens is 1. The van der Waals surface area contributed by atoms with Gasteiger partial charge in [-0.25, -0.2) is 4.39 Å². The molecule has 1 aliphatic heterocycles. The average Bonchev–Trinajstić information content (AvgIpc) is 2.95. The molecule has 0 aliphatic carbocycles. The van der Waals surface area contributed by atoms with Crippen LogP contribution in [0.1, 0.15) is 39.9 Å². The lowest BCUT2D eigenvalue weighted by molar-refractivity contribution is -0.0128. The smallest absolute Gasteiger partial charge is 0.150 e. The topological polar surface area (TPSA) is 38.3 Å². The van der Waals surface area contributed by atoms with Crippen LogP contribution in [0.25, 0.3) is 0 Å². The number of benzene rings is 2. The third-order valence-corrected chi connectivity index (χ3v) is 4.44. The summed E-state index contributed by atoms with van der Waals surface area (Å²) in [6.07, 6.45) is 2.58. The lowest BCUT2D eigenvalue weighted by Crippen LogP contribution is -2.28. The molecule has 0 bridgehead atoms. The maximum atomic E-state index is 13.3. The molecule has 3 rings (SSSR count). The first-order valence-corrected chi connectivity index (χ1v) is 7.83. The van der Waals surface area contributed by atoms with Crippen molar-refractivity contribution in [1.82, 2.24) is 5.32 Å². The average molecular weight is 313 g/mol. The van der Waals surface area contributed by atoms with E-state index in [0.29, 0.717) is 12.2 Å². The van der Waals surface area contributed by atoms with Crippen LogP contribution in [0.5, 0.6) is 0 Å². The Morgan fingerprint density at radius 2 is 2.04 bits per heavy atom. The van der Waals surface area contributed by atoms with Gasteiger partial charge >= 0.3 is 0 Å². The molecule has 0 amide bonds. The Bertz CT molecular complexity index is 699. The zero-order valence-electron chi connectivity index (χ0n) is 13.1. The molecule has 2 aromatic carbocycles. The highest BCUT2D eigenvalue weighted by Gasteiger charge is 2.41. The van der Waals surface area contributed by atoms with Crippen LogP contribution in [-0.2, 0) is 16.9 Å². The Morgan fingerprint density at radius 1 is 1.26 bits per heavy atom. The van der Waals surface area contributed by atoms with Crippen LogP contribution in [0.3, 0.4) is 0 Å². The number of fused-ring (bicyclic) bond motifs is 1. The van der Waals surface area contributed by atoms with E-state index in [1.807, 2.05) is 25.2 Å². The van der Waals surface area contributed by atoms with Crippen molar-refractivity contribution in [2.24, 2.45) is 0 Å². The van der Waals surface area contributed by atoms with Crippen molar-refractivity contribution >= 4 is 6.29 Å². The first-order valence-electron chi connectivity index (χ1n) is 7.83. The molecule has 120 valence electrons. The monoisotopic (exact) mass is 313 g/mol. The van der Waals surface area contributed by atoms with Gasteiger partial charge in [-0.2, -0.15) is 0 Å². The fourth-order valence-electron chi connectivity index (χ4n) is 3.30. The van der Waals surface area contributed by atoms with E-state index in [9.17, 15) is 9.18 Å². The van der Waals surface area contributed by atoms with Gasteiger partial charge in [0.1, 0.15) is 17.7 Å². The lowest BCUT2D eigenvalue weighted by Gasteiger charge is -2.30. The molecule has 0 radical (unpaired) electrons. The van der Waals surface area contributed by atoms with Crippen molar-refractivity contribution in [2.45, 2.75) is 25.0 Å². The summed E-state index contributed by atoms with van der Waals surface area (Å²) >= 11 is 0. The number of ether oxygens (including phenoxy) is 1. The van der Waals surface area contributed by atoms with E-state index >= 15 is 0 Å². The second-order valence-electron chi connectivity index (χ2n) is 5.86. The highest BCUT2D eigenvalue weighted by Crippen LogP contribution is 2.45. The minimum Gasteiger partial charge on any atom is -0.361 e. The Morgan fingerprint density at radius 3 is 2.74 bits per heavy atom. The van der Waals surface area contributed by atoms with E-state index in [1.165, 1.54) is 12.1 Å². The first kappa shape index (κ1) is 15.8. The molecule has 0 aromatic heterocycles. The molecule has 2 aromatic rings. The van der Waals surface area contributed by atoms with Gasteiger partial charge in [0, 0.05) is 5.56 Å². The summed E-state index contributed by atoms with van der Waals surface area (Å²) in [5, 5.41) is 3.15. The van der Waals surface area contributed by atoms with Crippen LogP contribution in [0.4, 0.5) is 4.39 Å². The predicted molar refractivity (Wildman–Crippen MR) is 87.0 cm³/mol. The van der Waals surface area contributed by atoms with Gasteiger partial charge in [0.05, 0.1) is 6.61 Å². The molecule has 0 spiro atoms. The van der Waals surface area contributed by atoms with Crippen molar-refractivity contribution in [2.75, 3.05) is 13.6 Å². The van der Waals surface area contributed by atoms with Crippen molar-refractivity contribution in [3.8, 4) is 0 Å². The number of hydrogen-bond donors (Lipinski definition) is 1. The Labute approximate surface area is 135 Å². The standard InChI is InChI=1S/C19H20FNO2/c1-21-10-2-9-19(16-4-6-17(20)7-5-16)18-8-3-14(12-22)11-15(18)13-23-19/h3-8,11-12,21H,2,9-10,13H2,1H3. The second kappa shape index (κ2) is 6.60. The Balaban J connectivity index is 2.04. The highest BCUT2D eigenvalue weighted by molar-refractivity contribution is 5.75. The fraction of sp³-hybridized carbons (Fsp3) is 0.316. The second-order valence-corrected chi connectivity index (χ2v) is 5.86. The lowest BCUT2D eigenvalue weighted by atomic mass is 9.81. The number of hydrogen-bond acceptors (Lipinski definition) is 3. The van der Waals surface area contributed by atoms with Gasteiger partial charge in [-0.15, -0.1) is 0 Å². The van der Waals surface area contributed by atoms with E-state index in [-0.39, 0.29) is 5.82 Å². The fourth-order valence-corrected chi connectivity index (χ4v) is 3.30. The Hall–Kier alpha value is -2.04. The third kappa shape index (κ3) is 2.92. The number of carbonyl (C=O) groups excluding carboxylic acids is 1. The maximum Gasteiger partial charge on any atom is 0.150 e. The molecule has 1 unspecified atom stereocenters. The number of carbonyl (C=O) groups is 1. The molecule has 3 nitrogen and oxygen atoms in total. The summed E-state index contributed by atoms with van der Waals surface area (Å²) in [5.74, 6) is -0.256. The summed E-state index contributed by atoms with van der Waals surface area (Å²) in [6.45, 7) is 1.35. The summed E-state index contributed by atoms with van der Waals surface area (Å²) in [5.41, 5.74) is 3.14. The van der Waals surface area contributed by atoms with Crippen LogP contribution in [0.15, 0.2) is 42.5 Å². The molecule has 1 atom stereocenters. The van der Waals surface area contributed by atoms with Crippen molar-refractivity contribution in [3.05, 3.63) is 70.5 Å². The molecule has 1 heterocycles. The van der Waals surface area contributed by atoms with E-state index in [0.717, 1.165) is 42.4 Å². The quantitative estimate of drug-likeness (QED) is 0.656. The molecule has 23 heavy (non-hydrogen) atoms. The van der Waals surface area contributed by atoms with Gasteiger partial charge in [-0.1, -0.05) is 24.3 Å². The molecule has 1 aliphatic rings. The van der Waals surface area contributed by atoms with Crippen LogP contribution in [-0.4, -0.2) is 19.9 Å². The maximum absolute atomic E-state index is 13.3. The van der Waals surface area contributed by atoms with Gasteiger partial charge in [-0.05, 0) is 61.3 Å². The first-order chi connectivity index (χ1) is 11.2. The molecule has 0 saturated carbocycles. The summed E-state index contributed by atoms with van der Waals surface area (Å²) < 4.78 is 19.5. The van der Waals surface area contributed by atoms with Crippen molar-refractivity contribution in [3.63, 3.8) is 0 Å². The van der Waals surface area contributed by atoms with Gasteiger partial charge in [-0.3, -0.25) is 4.79 Å².